The van der Waals surface area contributed by atoms with E-state index in [1.165, 1.54) is 0 Å². The highest BCUT2D eigenvalue weighted by molar-refractivity contribution is 7.09. The Hall–Kier alpha value is -2.38. The number of thiazole rings is 1. The lowest BCUT2D eigenvalue weighted by molar-refractivity contribution is 0.451. The fourth-order valence-electron chi connectivity index (χ4n) is 2.89. The monoisotopic (exact) mass is 402 g/mol. The van der Waals surface area contributed by atoms with E-state index in [1.54, 1.807) is 24.6 Å². The number of aryl methyl sites for hydroxylation is 1. The molecule has 0 saturated heterocycles. The Labute approximate surface area is 168 Å². The lowest BCUT2D eigenvalue weighted by Crippen LogP contribution is -2.41. The second-order valence-electron chi connectivity index (χ2n) is 6.20. The van der Waals surface area contributed by atoms with Crippen LogP contribution in [0, 0.1) is 6.92 Å². The fraction of sp³-hybridized carbons (Fsp3) is 0.316. The summed E-state index contributed by atoms with van der Waals surface area (Å²) in [5.41, 5.74) is 2.17. The van der Waals surface area contributed by atoms with E-state index < -0.39 is 0 Å². The van der Waals surface area contributed by atoms with E-state index in [1.807, 2.05) is 55.2 Å². The van der Waals surface area contributed by atoms with Crippen molar-refractivity contribution in [1.29, 1.82) is 0 Å². The number of rotatable bonds is 6. The number of halogens is 1. The van der Waals surface area contributed by atoms with E-state index in [0.29, 0.717) is 13.1 Å². The minimum absolute atomic E-state index is 0.0314. The van der Waals surface area contributed by atoms with Gasteiger partial charge in [0.05, 0.1) is 23.3 Å². The molecule has 8 heteroatoms. The minimum atomic E-state index is 0.0314. The van der Waals surface area contributed by atoms with Crippen molar-refractivity contribution in [2.24, 2.45) is 4.99 Å². The quantitative estimate of drug-likeness (QED) is 0.505. The number of nitrogens with zero attached hydrogens (tertiary/aromatic N) is 5. The van der Waals surface area contributed by atoms with Gasteiger partial charge in [-0.3, -0.25) is 9.67 Å². The van der Waals surface area contributed by atoms with Crippen LogP contribution < -0.4 is 5.32 Å². The van der Waals surface area contributed by atoms with Crippen molar-refractivity contribution >= 4 is 28.9 Å². The topological polar surface area (TPSA) is 58.3 Å². The highest BCUT2D eigenvalue weighted by Gasteiger charge is 2.16. The number of hydrogen-bond acceptors (Lipinski definition) is 4. The predicted octanol–water partition coefficient (Wildman–Crippen LogP) is 3.60. The van der Waals surface area contributed by atoms with Gasteiger partial charge in [0.15, 0.2) is 5.96 Å². The number of aliphatic imine (C=N–C) groups is 1. The second kappa shape index (κ2) is 9.01. The maximum atomic E-state index is 6.04. The van der Waals surface area contributed by atoms with Crippen molar-refractivity contribution < 1.29 is 0 Å². The standard InChI is InChI=1S/C19H23ClN6S/c1-14-24-17(13-27-14)12-25(3)19(21-2)22-11-18(26-10-4-9-23-26)15-5-7-16(20)8-6-15/h4-10,13,18H,11-12H2,1-3H3,(H,21,22). The molecule has 1 aromatic carbocycles. The van der Waals surface area contributed by atoms with Crippen LogP contribution in [-0.2, 0) is 6.54 Å². The van der Waals surface area contributed by atoms with Gasteiger partial charge in [0.2, 0.25) is 0 Å². The number of hydrogen-bond donors (Lipinski definition) is 1. The molecule has 0 saturated carbocycles. The Kier molecular flexibility index (Phi) is 6.47. The van der Waals surface area contributed by atoms with Crippen LogP contribution in [0.4, 0.5) is 0 Å². The molecule has 0 spiro atoms. The van der Waals surface area contributed by atoms with Crippen LogP contribution in [0.1, 0.15) is 22.3 Å². The average molecular weight is 403 g/mol. The van der Waals surface area contributed by atoms with Gasteiger partial charge >= 0.3 is 0 Å². The van der Waals surface area contributed by atoms with Gasteiger partial charge in [0.1, 0.15) is 0 Å². The van der Waals surface area contributed by atoms with Gasteiger partial charge in [-0.25, -0.2) is 4.98 Å². The summed E-state index contributed by atoms with van der Waals surface area (Å²) in [7, 11) is 3.80. The van der Waals surface area contributed by atoms with Crippen LogP contribution >= 0.6 is 22.9 Å². The maximum Gasteiger partial charge on any atom is 0.193 e. The molecule has 6 nitrogen and oxygen atoms in total. The zero-order valence-electron chi connectivity index (χ0n) is 15.6. The molecule has 0 aliphatic carbocycles. The van der Waals surface area contributed by atoms with Gasteiger partial charge in [-0.1, -0.05) is 23.7 Å². The third-order valence-electron chi connectivity index (χ3n) is 4.19. The summed E-state index contributed by atoms with van der Waals surface area (Å²) in [5, 5.41) is 11.7. The molecule has 0 bridgehead atoms. The molecule has 27 heavy (non-hydrogen) atoms. The molecular formula is C19H23ClN6S. The van der Waals surface area contributed by atoms with Crippen molar-refractivity contribution in [2.45, 2.75) is 19.5 Å². The minimum Gasteiger partial charge on any atom is -0.354 e. The van der Waals surface area contributed by atoms with Crippen LogP contribution in [0.25, 0.3) is 0 Å². The van der Waals surface area contributed by atoms with Crippen LogP contribution in [0.15, 0.2) is 53.1 Å². The van der Waals surface area contributed by atoms with Gasteiger partial charge in [0, 0.05) is 43.4 Å². The highest BCUT2D eigenvalue weighted by Crippen LogP contribution is 2.19. The normalized spacial score (nSPS) is 12.8. The van der Waals surface area contributed by atoms with E-state index >= 15 is 0 Å². The summed E-state index contributed by atoms with van der Waals surface area (Å²) >= 11 is 7.70. The van der Waals surface area contributed by atoms with Crippen molar-refractivity contribution in [3.63, 3.8) is 0 Å². The van der Waals surface area contributed by atoms with E-state index in [4.69, 9.17) is 11.6 Å². The molecular weight excluding hydrogens is 380 g/mol. The number of nitrogens with one attached hydrogen (secondary N) is 1. The Morgan fingerprint density at radius 1 is 1.37 bits per heavy atom. The Bertz CT molecular complexity index is 872. The van der Waals surface area contributed by atoms with E-state index in [0.717, 1.165) is 27.2 Å². The van der Waals surface area contributed by atoms with Crippen LogP contribution in [0.5, 0.6) is 0 Å². The van der Waals surface area contributed by atoms with Gasteiger partial charge < -0.3 is 10.2 Å². The molecule has 0 amide bonds. The van der Waals surface area contributed by atoms with E-state index in [9.17, 15) is 0 Å². The largest absolute Gasteiger partial charge is 0.354 e. The summed E-state index contributed by atoms with van der Waals surface area (Å²) in [5.74, 6) is 0.812. The molecule has 1 atom stereocenters. The van der Waals surface area contributed by atoms with E-state index in [-0.39, 0.29) is 6.04 Å². The summed E-state index contributed by atoms with van der Waals surface area (Å²) in [4.78, 5) is 11.0. The number of benzene rings is 1. The second-order valence-corrected chi connectivity index (χ2v) is 7.69. The van der Waals surface area contributed by atoms with Crippen molar-refractivity contribution in [3.05, 3.63) is 69.4 Å². The number of guanidine groups is 1. The SMILES string of the molecule is CN=C(NCC(c1ccc(Cl)cc1)n1cccn1)N(C)Cc1csc(C)n1. The lowest BCUT2D eigenvalue weighted by Gasteiger charge is -2.25. The summed E-state index contributed by atoms with van der Waals surface area (Å²) in [6.07, 6.45) is 3.75. The third kappa shape index (κ3) is 5.08. The summed E-state index contributed by atoms with van der Waals surface area (Å²) < 4.78 is 1.94. The molecule has 1 N–H and O–H groups in total. The molecule has 0 aliphatic rings. The zero-order valence-corrected chi connectivity index (χ0v) is 17.2. The van der Waals surface area contributed by atoms with Gasteiger partial charge in [-0.05, 0) is 30.7 Å². The summed E-state index contributed by atoms with van der Waals surface area (Å²) in [6.45, 7) is 3.37. The fourth-order valence-corrected chi connectivity index (χ4v) is 3.62. The smallest absolute Gasteiger partial charge is 0.193 e. The van der Waals surface area contributed by atoms with E-state index in [2.05, 4.69) is 30.7 Å². The Morgan fingerprint density at radius 3 is 2.74 bits per heavy atom. The van der Waals surface area contributed by atoms with Crippen molar-refractivity contribution in [3.8, 4) is 0 Å². The predicted molar refractivity (Wildman–Crippen MR) is 111 cm³/mol. The van der Waals surface area contributed by atoms with Crippen molar-refractivity contribution in [2.75, 3.05) is 20.6 Å². The molecule has 2 heterocycles. The maximum absolute atomic E-state index is 6.04. The van der Waals surface area contributed by atoms with Gasteiger partial charge in [-0.2, -0.15) is 5.10 Å². The molecule has 142 valence electrons. The third-order valence-corrected chi connectivity index (χ3v) is 5.27. The van der Waals surface area contributed by atoms with Gasteiger partial charge in [-0.15, -0.1) is 11.3 Å². The molecule has 0 fully saturated rings. The molecule has 0 radical (unpaired) electrons. The molecule has 0 aliphatic heterocycles. The Balaban J connectivity index is 1.70. The van der Waals surface area contributed by atoms with Crippen LogP contribution in [-0.4, -0.2) is 46.3 Å². The first-order chi connectivity index (χ1) is 13.1. The molecule has 3 aromatic rings. The first-order valence-electron chi connectivity index (χ1n) is 8.64. The Morgan fingerprint density at radius 2 is 2.15 bits per heavy atom. The zero-order chi connectivity index (χ0) is 19.2. The summed E-state index contributed by atoms with van der Waals surface area (Å²) in [6, 6.07) is 9.82. The number of aromatic nitrogens is 3. The van der Waals surface area contributed by atoms with Crippen LogP contribution in [0.2, 0.25) is 5.02 Å². The molecule has 1 unspecified atom stereocenters. The van der Waals surface area contributed by atoms with Gasteiger partial charge in [0.25, 0.3) is 0 Å². The average Bonchev–Trinajstić information content (AvgIpc) is 3.32. The molecule has 2 aromatic heterocycles. The van der Waals surface area contributed by atoms with Crippen molar-refractivity contribution in [1.82, 2.24) is 25.0 Å². The first-order valence-corrected chi connectivity index (χ1v) is 9.90. The molecule has 3 rings (SSSR count). The van der Waals surface area contributed by atoms with Crippen LogP contribution in [0.3, 0.4) is 0 Å². The first kappa shape index (κ1) is 19.4. The lowest BCUT2D eigenvalue weighted by atomic mass is 10.1. The highest BCUT2D eigenvalue weighted by atomic mass is 35.5.